The van der Waals surface area contributed by atoms with Crippen molar-refractivity contribution >= 4 is 0 Å². The molecule has 1 aromatic carbocycles. The average Bonchev–Trinajstić information content (AvgIpc) is 2.80. The molecule has 1 aromatic heterocycles. The summed E-state index contributed by atoms with van der Waals surface area (Å²) in [6.07, 6.45) is 4.21. The van der Waals surface area contributed by atoms with Crippen molar-refractivity contribution in [2.24, 2.45) is 0 Å². The molecule has 84 valence electrons. The molecule has 1 heterocycles. The molecule has 2 aromatic rings. The maximum atomic E-state index is 4.50. The van der Waals surface area contributed by atoms with Gasteiger partial charge in [-0.1, -0.05) is 38.5 Å². The molecule has 0 aliphatic heterocycles. The van der Waals surface area contributed by atoms with E-state index in [0.717, 1.165) is 17.8 Å². The normalized spacial score (nSPS) is 12.6. The number of benzene rings is 1. The fourth-order valence-electron chi connectivity index (χ4n) is 1.77. The number of nitrogens with zero attached hydrogens (tertiary/aromatic N) is 3. The lowest BCUT2D eigenvalue weighted by molar-refractivity contribution is 0.632. The van der Waals surface area contributed by atoms with E-state index < -0.39 is 0 Å². The van der Waals surface area contributed by atoms with E-state index in [1.54, 1.807) is 4.80 Å². The minimum Gasteiger partial charge on any atom is -0.157 e. The zero-order chi connectivity index (χ0) is 11.4. The highest BCUT2D eigenvalue weighted by Crippen LogP contribution is 2.18. The molecule has 0 spiro atoms. The van der Waals surface area contributed by atoms with Crippen LogP contribution in [0.2, 0.25) is 0 Å². The van der Waals surface area contributed by atoms with Gasteiger partial charge in [-0.2, -0.15) is 15.0 Å². The Balaban J connectivity index is 2.20. The maximum absolute atomic E-state index is 4.50. The minimum absolute atomic E-state index is 0.488. The molecule has 0 N–H and O–H groups in total. The van der Waals surface area contributed by atoms with E-state index in [1.807, 2.05) is 36.5 Å². The summed E-state index contributed by atoms with van der Waals surface area (Å²) in [7, 11) is 0. The Labute approximate surface area is 96.1 Å². The van der Waals surface area contributed by atoms with Crippen LogP contribution in [0.3, 0.4) is 0 Å². The zero-order valence-electron chi connectivity index (χ0n) is 9.80. The Kier molecular flexibility index (Phi) is 3.34. The Morgan fingerprint density at radius 1 is 1.25 bits per heavy atom. The van der Waals surface area contributed by atoms with Crippen LogP contribution < -0.4 is 0 Å². The van der Waals surface area contributed by atoms with Gasteiger partial charge in [0, 0.05) is 5.92 Å². The summed E-state index contributed by atoms with van der Waals surface area (Å²) in [4.78, 5) is 1.70. The van der Waals surface area contributed by atoms with Crippen molar-refractivity contribution in [2.45, 2.75) is 32.6 Å². The number of hydrogen-bond donors (Lipinski definition) is 0. The van der Waals surface area contributed by atoms with E-state index >= 15 is 0 Å². The monoisotopic (exact) mass is 215 g/mol. The average molecular weight is 215 g/mol. The smallest absolute Gasteiger partial charge is 0.0859 e. The van der Waals surface area contributed by atoms with E-state index in [9.17, 15) is 0 Å². The molecule has 0 fully saturated rings. The van der Waals surface area contributed by atoms with Crippen LogP contribution in [0.4, 0.5) is 0 Å². The summed E-state index contributed by atoms with van der Waals surface area (Å²) in [5.74, 6) is 0.488. The molecule has 0 amide bonds. The summed E-state index contributed by atoms with van der Waals surface area (Å²) < 4.78 is 0. The third-order valence-corrected chi connectivity index (χ3v) is 2.72. The Bertz CT molecular complexity index is 433. The lowest BCUT2D eigenvalue weighted by atomic mass is 10.0. The van der Waals surface area contributed by atoms with E-state index in [0.29, 0.717) is 5.92 Å². The lowest BCUT2D eigenvalue weighted by Gasteiger charge is -2.04. The molecule has 0 bridgehead atoms. The Morgan fingerprint density at radius 3 is 2.69 bits per heavy atom. The predicted octanol–water partition coefficient (Wildman–Crippen LogP) is 3.17. The highest BCUT2D eigenvalue weighted by Gasteiger charge is 2.09. The summed E-state index contributed by atoms with van der Waals surface area (Å²) in [5, 5.41) is 8.80. The van der Waals surface area contributed by atoms with Crippen molar-refractivity contribution in [3.05, 3.63) is 42.2 Å². The van der Waals surface area contributed by atoms with Crippen molar-refractivity contribution in [1.82, 2.24) is 15.0 Å². The molecule has 0 saturated heterocycles. The third-order valence-electron chi connectivity index (χ3n) is 2.72. The van der Waals surface area contributed by atoms with Crippen LogP contribution in [-0.2, 0) is 0 Å². The van der Waals surface area contributed by atoms with Crippen LogP contribution in [0.1, 0.15) is 38.3 Å². The largest absolute Gasteiger partial charge is 0.157 e. The fourth-order valence-corrected chi connectivity index (χ4v) is 1.77. The van der Waals surface area contributed by atoms with Gasteiger partial charge in [-0.15, -0.1) is 0 Å². The van der Waals surface area contributed by atoms with Gasteiger partial charge >= 0.3 is 0 Å². The SMILES string of the molecule is CCCC(C)c1cnn(-c2ccccc2)n1. The van der Waals surface area contributed by atoms with Gasteiger partial charge in [0.25, 0.3) is 0 Å². The Morgan fingerprint density at radius 2 is 2.00 bits per heavy atom. The molecule has 1 atom stereocenters. The molecule has 3 heteroatoms. The van der Waals surface area contributed by atoms with Crippen LogP contribution >= 0.6 is 0 Å². The van der Waals surface area contributed by atoms with E-state index in [4.69, 9.17) is 0 Å². The van der Waals surface area contributed by atoms with Crippen molar-refractivity contribution in [3.8, 4) is 5.69 Å². The summed E-state index contributed by atoms with van der Waals surface area (Å²) >= 11 is 0. The number of hydrogen-bond acceptors (Lipinski definition) is 2. The Hall–Kier alpha value is -1.64. The molecular weight excluding hydrogens is 198 g/mol. The topological polar surface area (TPSA) is 30.7 Å². The van der Waals surface area contributed by atoms with Crippen LogP contribution in [-0.4, -0.2) is 15.0 Å². The summed E-state index contributed by atoms with van der Waals surface area (Å²) in [5.41, 5.74) is 2.09. The van der Waals surface area contributed by atoms with Gasteiger partial charge in [-0.25, -0.2) is 0 Å². The second-order valence-electron chi connectivity index (χ2n) is 4.08. The van der Waals surface area contributed by atoms with Gasteiger partial charge in [0.05, 0.1) is 17.6 Å². The van der Waals surface area contributed by atoms with Crippen molar-refractivity contribution in [3.63, 3.8) is 0 Å². The summed E-state index contributed by atoms with van der Waals surface area (Å²) in [6, 6.07) is 10.00. The highest BCUT2D eigenvalue weighted by atomic mass is 15.5. The third kappa shape index (κ3) is 2.30. The number of rotatable bonds is 4. The zero-order valence-corrected chi connectivity index (χ0v) is 9.80. The predicted molar refractivity (Wildman–Crippen MR) is 64.7 cm³/mol. The standard InChI is InChI=1S/C13H17N3/c1-3-7-11(2)13-10-14-16(15-13)12-8-5-4-6-9-12/h4-6,8-11H,3,7H2,1-2H3. The van der Waals surface area contributed by atoms with Gasteiger partial charge in [-0.3, -0.25) is 0 Å². The fraction of sp³-hybridized carbons (Fsp3) is 0.385. The molecule has 3 nitrogen and oxygen atoms in total. The summed E-state index contributed by atoms with van der Waals surface area (Å²) in [6.45, 7) is 4.39. The van der Waals surface area contributed by atoms with E-state index in [-0.39, 0.29) is 0 Å². The first-order valence-electron chi connectivity index (χ1n) is 5.79. The molecule has 2 rings (SSSR count). The van der Waals surface area contributed by atoms with Gasteiger partial charge in [0.2, 0.25) is 0 Å². The van der Waals surface area contributed by atoms with Crippen molar-refractivity contribution < 1.29 is 0 Å². The van der Waals surface area contributed by atoms with Crippen LogP contribution in [0.5, 0.6) is 0 Å². The second kappa shape index (κ2) is 4.92. The molecule has 0 saturated carbocycles. The van der Waals surface area contributed by atoms with Gasteiger partial charge in [-0.05, 0) is 18.6 Å². The quantitative estimate of drug-likeness (QED) is 0.784. The maximum Gasteiger partial charge on any atom is 0.0859 e. The van der Waals surface area contributed by atoms with Crippen molar-refractivity contribution in [2.75, 3.05) is 0 Å². The molecule has 0 aliphatic carbocycles. The minimum atomic E-state index is 0.488. The molecular formula is C13H17N3. The van der Waals surface area contributed by atoms with Gasteiger partial charge in [0.15, 0.2) is 0 Å². The van der Waals surface area contributed by atoms with E-state index in [2.05, 4.69) is 24.0 Å². The van der Waals surface area contributed by atoms with Crippen LogP contribution in [0, 0.1) is 0 Å². The second-order valence-corrected chi connectivity index (χ2v) is 4.08. The number of para-hydroxylation sites is 1. The van der Waals surface area contributed by atoms with Crippen LogP contribution in [0.15, 0.2) is 36.5 Å². The van der Waals surface area contributed by atoms with Gasteiger partial charge in [0.1, 0.15) is 0 Å². The first kappa shape index (κ1) is 10.9. The molecule has 0 radical (unpaired) electrons. The molecule has 0 aliphatic rings. The van der Waals surface area contributed by atoms with Gasteiger partial charge < -0.3 is 0 Å². The lowest BCUT2D eigenvalue weighted by Crippen LogP contribution is -2.00. The number of aromatic nitrogens is 3. The highest BCUT2D eigenvalue weighted by molar-refractivity contribution is 5.28. The van der Waals surface area contributed by atoms with E-state index in [1.165, 1.54) is 6.42 Å². The first-order valence-corrected chi connectivity index (χ1v) is 5.79. The molecule has 16 heavy (non-hydrogen) atoms. The van der Waals surface area contributed by atoms with Crippen LogP contribution in [0.25, 0.3) is 5.69 Å². The van der Waals surface area contributed by atoms with Crippen molar-refractivity contribution in [1.29, 1.82) is 0 Å². The first-order chi connectivity index (χ1) is 7.81. The molecule has 1 unspecified atom stereocenters.